The molecule has 3 amide bonds. The fraction of sp³-hybridized carbons (Fsp3) is 0.533. The Morgan fingerprint density at radius 2 is 1.55 bits per heavy atom. The Morgan fingerprint density at radius 3 is 2.05 bits per heavy atom. The lowest BCUT2D eigenvalue weighted by Crippen LogP contribution is -2.53. The van der Waals surface area contributed by atoms with Crippen molar-refractivity contribution in [3.05, 3.63) is 64.7 Å². The maximum atomic E-state index is 13.3. The van der Waals surface area contributed by atoms with Gasteiger partial charge in [-0.25, -0.2) is 4.79 Å². The minimum absolute atomic E-state index is 0.0182. The molecule has 234 valence electrons. The van der Waals surface area contributed by atoms with Crippen molar-refractivity contribution in [2.75, 3.05) is 13.2 Å². The van der Waals surface area contributed by atoms with Crippen molar-refractivity contribution in [3.63, 3.8) is 0 Å². The molecule has 0 saturated heterocycles. The SMILES string of the molecule is CCCc1cc(C(O)(C(F)(F)F)C(F)(F)F)ccc1OCCCCN(C=O)C(=O)NC(C)c1ccc(C(C)(C)C)cc1. The van der Waals surface area contributed by atoms with Crippen LogP contribution in [0, 0.1) is 0 Å². The number of carbonyl (C=O) groups is 2. The summed E-state index contributed by atoms with van der Waals surface area (Å²) in [5, 5.41) is 12.5. The Bertz CT molecular complexity index is 1180. The minimum Gasteiger partial charge on any atom is -0.493 e. The molecule has 0 aliphatic carbocycles. The maximum absolute atomic E-state index is 13.3. The van der Waals surface area contributed by atoms with Crippen LogP contribution in [0.3, 0.4) is 0 Å². The number of benzene rings is 2. The monoisotopic (exact) mass is 604 g/mol. The lowest BCUT2D eigenvalue weighted by molar-refractivity contribution is -0.376. The van der Waals surface area contributed by atoms with E-state index in [2.05, 4.69) is 26.1 Å². The number of unbranched alkanes of at least 4 members (excludes halogenated alkanes) is 1. The van der Waals surface area contributed by atoms with Gasteiger partial charge in [-0.05, 0) is 60.4 Å². The van der Waals surface area contributed by atoms with E-state index in [0.29, 0.717) is 37.8 Å². The molecule has 0 aliphatic heterocycles. The summed E-state index contributed by atoms with van der Waals surface area (Å²) in [5.74, 6) is 0.0867. The molecule has 6 nitrogen and oxygen atoms in total. The van der Waals surface area contributed by atoms with Gasteiger partial charge in [-0.2, -0.15) is 26.3 Å². The molecule has 0 aliphatic rings. The largest absolute Gasteiger partial charge is 0.493 e. The lowest BCUT2D eigenvalue weighted by atomic mass is 9.86. The second-order valence-electron chi connectivity index (χ2n) is 11.2. The number of imide groups is 1. The van der Waals surface area contributed by atoms with Gasteiger partial charge in [0.15, 0.2) is 0 Å². The van der Waals surface area contributed by atoms with E-state index >= 15 is 0 Å². The highest BCUT2D eigenvalue weighted by Crippen LogP contribution is 2.50. The zero-order valence-corrected chi connectivity index (χ0v) is 24.3. The summed E-state index contributed by atoms with van der Waals surface area (Å²) < 4.78 is 85.4. The van der Waals surface area contributed by atoms with Gasteiger partial charge >= 0.3 is 18.4 Å². The summed E-state index contributed by atoms with van der Waals surface area (Å²) in [6.07, 6.45) is -10.4. The predicted molar refractivity (Wildman–Crippen MR) is 146 cm³/mol. The van der Waals surface area contributed by atoms with Gasteiger partial charge < -0.3 is 15.2 Å². The van der Waals surface area contributed by atoms with Gasteiger partial charge in [-0.3, -0.25) is 9.69 Å². The second-order valence-corrected chi connectivity index (χ2v) is 11.2. The normalized spacial score (nSPS) is 13.4. The third kappa shape index (κ3) is 8.39. The van der Waals surface area contributed by atoms with E-state index in [4.69, 9.17) is 4.74 Å². The lowest BCUT2D eigenvalue weighted by Gasteiger charge is -2.33. The number of aryl methyl sites for hydroxylation is 1. The molecule has 2 rings (SSSR count). The number of hydrogen-bond donors (Lipinski definition) is 2. The topological polar surface area (TPSA) is 78.9 Å². The van der Waals surface area contributed by atoms with Gasteiger partial charge in [0.2, 0.25) is 6.41 Å². The van der Waals surface area contributed by atoms with Gasteiger partial charge in [-0.1, -0.05) is 64.4 Å². The van der Waals surface area contributed by atoms with Crippen molar-refractivity contribution >= 4 is 12.4 Å². The van der Waals surface area contributed by atoms with Crippen molar-refractivity contribution < 1.29 is 45.8 Å². The van der Waals surface area contributed by atoms with Crippen LogP contribution in [0.1, 0.15) is 82.2 Å². The Morgan fingerprint density at radius 1 is 0.976 bits per heavy atom. The van der Waals surface area contributed by atoms with Crippen LogP contribution in [-0.4, -0.2) is 48.0 Å². The number of carbonyl (C=O) groups excluding carboxylic acids is 2. The average molecular weight is 605 g/mol. The van der Waals surface area contributed by atoms with Crippen molar-refractivity contribution in [1.82, 2.24) is 10.2 Å². The number of alkyl halides is 6. The van der Waals surface area contributed by atoms with Crippen LogP contribution in [-0.2, 0) is 22.2 Å². The van der Waals surface area contributed by atoms with E-state index in [-0.39, 0.29) is 42.3 Å². The molecular formula is C30H38F6N2O4. The number of aliphatic hydroxyl groups is 1. The van der Waals surface area contributed by atoms with Crippen LogP contribution >= 0.6 is 0 Å². The molecule has 2 N–H and O–H groups in total. The molecule has 0 aromatic heterocycles. The van der Waals surface area contributed by atoms with Crippen molar-refractivity contribution in [3.8, 4) is 5.75 Å². The standard InChI is InChI=1S/C30H38F6N2O4/c1-6-9-22-18-24(28(41,29(31,32)33)30(34,35)36)14-15-25(22)42-17-8-7-16-38(19-39)26(40)37-20(2)21-10-12-23(13-11-21)27(3,4)5/h10-15,18-20,41H,6-9,16-17H2,1-5H3,(H,37,40). The number of hydrogen-bond acceptors (Lipinski definition) is 4. The van der Waals surface area contributed by atoms with Gasteiger partial charge in [0.05, 0.1) is 12.6 Å². The smallest absolute Gasteiger partial charge is 0.430 e. The number of nitrogens with zero attached hydrogens (tertiary/aromatic N) is 1. The third-order valence-corrected chi connectivity index (χ3v) is 6.87. The van der Waals surface area contributed by atoms with Crippen LogP contribution in [0.5, 0.6) is 5.75 Å². The van der Waals surface area contributed by atoms with Crippen LogP contribution in [0.4, 0.5) is 31.1 Å². The Balaban J connectivity index is 1.97. The van der Waals surface area contributed by atoms with E-state index in [0.717, 1.165) is 22.1 Å². The van der Waals surface area contributed by atoms with E-state index in [9.17, 15) is 41.0 Å². The quantitative estimate of drug-likeness (QED) is 0.151. The number of rotatable bonds is 12. The summed E-state index contributed by atoms with van der Waals surface area (Å²) in [6, 6.07) is 9.06. The maximum Gasteiger partial charge on any atom is 0.430 e. The molecule has 0 spiro atoms. The Kier molecular flexibility index (Phi) is 11.5. The molecule has 1 atom stereocenters. The molecular weight excluding hydrogens is 566 g/mol. The van der Waals surface area contributed by atoms with Crippen LogP contribution in [0.15, 0.2) is 42.5 Å². The summed E-state index contributed by atoms with van der Waals surface area (Å²) >= 11 is 0. The second kappa shape index (κ2) is 13.8. The fourth-order valence-electron chi connectivity index (χ4n) is 4.29. The first-order chi connectivity index (χ1) is 19.4. The molecule has 0 bridgehead atoms. The van der Waals surface area contributed by atoms with Crippen molar-refractivity contribution in [1.29, 1.82) is 0 Å². The predicted octanol–water partition coefficient (Wildman–Crippen LogP) is 7.34. The molecule has 0 heterocycles. The van der Waals surface area contributed by atoms with E-state index < -0.39 is 29.5 Å². The summed E-state index contributed by atoms with van der Waals surface area (Å²) in [6.45, 7) is 9.87. The average Bonchev–Trinajstić information content (AvgIpc) is 2.89. The van der Waals surface area contributed by atoms with Gasteiger partial charge in [0.1, 0.15) is 5.75 Å². The molecule has 2 aromatic carbocycles. The summed E-state index contributed by atoms with van der Waals surface area (Å²) in [5.41, 5.74) is -4.29. The molecule has 12 heteroatoms. The number of amides is 3. The highest BCUT2D eigenvalue weighted by atomic mass is 19.4. The first-order valence-electron chi connectivity index (χ1n) is 13.6. The summed E-state index contributed by atoms with van der Waals surface area (Å²) in [4.78, 5) is 25.1. The van der Waals surface area contributed by atoms with E-state index in [1.165, 1.54) is 0 Å². The number of halogens is 6. The van der Waals surface area contributed by atoms with E-state index in [1.807, 2.05) is 24.3 Å². The number of urea groups is 1. The molecule has 0 saturated carbocycles. The van der Waals surface area contributed by atoms with E-state index in [1.54, 1.807) is 13.8 Å². The van der Waals surface area contributed by atoms with Gasteiger partial charge in [0.25, 0.3) is 5.60 Å². The Labute approximate surface area is 242 Å². The van der Waals surface area contributed by atoms with Gasteiger partial charge in [0, 0.05) is 12.1 Å². The molecule has 42 heavy (non-hydrogen) atoms. The van der Waals surface area contributed by atoms with Crippen LogP contribution < -0.4 is 10.1 Å². The van der Waals surface area contributed by atoms with Crippen molar-refractivity contribution in [2.24, 2.45) is 0 Å². The highest BCUT2D eigenvalue weighted by Gasteiger charge is 2.71. The Hall–Kier alpha value is -3.28. The molecule has 1 unspecified atom stereocenters. The zero-order chi connectivity index (χ0) is 31.9. The van der Waals surface area contributed by atoms with Crippen molar-refractivity contribution in [2.45, 2.75) is 89.7 Å². The third-order valence-electron chi connectivity index (χ3n) is 6.87. The summed E-state index contributed by atoms with van der Waals surface area (Å²) in [7, 11) is 0. The van der Waals surface area contributed by atoms with Crippen LogP contribution in [0.25, 0.3) is 0 Å². The van der Waals surface area contributed by atoms with Crippen LogP contribution in [0.2, 0.25) is 0 Å². The van der Waals surface area contributed by atoms with Gasteiger partial charge in [-0.15, -0.1) is 0 Å². The zero-order valence-electron chi connectivity index (χ0n) is 24.3. The first kappa shape index (κ1) is 34.9. The number of nitrogens with one attached hydrogen (secondary N) is 1. The fourth-order valence-corrected chi connectivity index (χ4v) is 4.29. The highest BCUT2D eigenvalue weighted by molar-refractivity contribution is 5.84. The minimum atomic E-state index is -5.98. The number of ether oxygens (including phenoxy) is 1. The molecule has 0 fully saturated rings. The molecule has 2 aromatic rings. The molecule has 0 radical (unpaired) electrons. The first-order valence-corrected chi connectivity index (χ1v) is 13.6.